The molecular formula is C52H65N3O16. The number of hydrogen-bond acceptors (Lipinski definition) is 17. The molecule has 1 saturated heterocycles. The lowest BCUT2D eigenvalue weighted by atomic mass is 9.44. The Bertz CT molecular complexity index is 2440. The van der Waals surface area contributed by atoms with Crippen molar-refractivity contribution in [3.05, 3.63) is 95.1 Å². The van der Waals surface area contributed by atoms with Crippen molar-refractivity contribution >= 4 is 41.6 Å². The van der Waals surface area contributed by atoms with Crippen molar-refractivity contribution in [2.24, 2.45) is 16.7 Å². The van der Waals surface area contributed by atoms with Crippen LogP contribution in [0.2, 0.25) is 0 Å². The molecule has 5 N–H and O–H groups in total. The second-order valence-electron chi connectivity index (χ2n) is 20.7. The van der Waals surface area contributed by atoms with Crippen LogP contribution in [0.15, 0.2) is 84.0 Å². The Morgan fingerprint density at radius 2 is 1.55 bits per heavy atom. The van der Waals surface area contributed by atoms with Crippen molar-refractivity contribution < 1.29 is 77.3 Å². The van der Waals surface area contributed by atoms with Crippen LogP contribution in [0.1, 0.15) is 96.6 Å². The summed E-state index contributed by atoms with van der Waals surface area (Å²) >= 11 is 0. The minimum absolute atomic E-state index is 0.0588. The molecule has 384 valence electrons. The highest BCUT2D eigenvalue weighted by Gasteiger charge is 2.78. The number of aliphatic hydroxyl groups excluding tert-OH is 2. The molecular weight excluding hydrogens is 923 g/mol. The van der Waals surface area contributed by atoms with Gasteiger partial charge in [-0.05, 0) is 76.4 Å². The summed E-state index contributed by atoms with van der Waals surface area (Å²) in [6.45, 7) is 12.5. The number of ether oxygens (including phenoxy) is 6. The van der Waals surface area contributed by atoms with E-state index in [0.29, 0.717) is 18.5 Å². The van der Waals surface area contributed by atoms with Crippen LogP contribution in [0.4, 0.5) is 4.79 Å². The van der Waals surface area contributed by atoms with Crippen molar-refractivity contribution in [3.8, 4) is 0 Å². The van der Waals surface area contributed by atoms with Gasteiger partial charge in [-0.3, -0.25) is 24.1 Å². The zero-order valence-corrected chi connectivity index (χ0v) is 41.3. The van der Waals surface area contributed by atoms with Gasteiger partial charge in [0, 0.05) is 50.4 Å². The first-order valence-corrected chi connectivity index (χ1v) is 23.9. The number of Topliss-reactive ketones (excluding diaryl/α,β-unsaturated/α-hetero) is 1. The van der Waals surface area contributed by atoms with Gasteiger partial charge >= 0.3 is 24.0 Å². The number of carbonyl (C=O) groups is 7. The Balaban J connectivity index is 1.28. The van der Waals surface area contributed by atoms with Crippen molar-refractivity contribution in [1.29, 1.82) is 0 Å². The Morgan fingerprint density at radius 1 is 0.915 bits per heavy atom. The van der Waals surface area contributed by atoms with E-state index in [-0.39, 0.29) is 49.4 Å². The highest BCUT2D eigenvalue weighted by Crippen LogP contribution is 2.64. The molecule has 2 aromatic rings. The van der Waals surface area contributed by atoms with Crippen molar-refractivity contribution in [3.63, 3.8) is 0 Å². The molecule has 7 rings (SSSR count). The lowest BCUT2D eigenvalue weighted by Crippen LogP contribution is -2.81. The van der Waals surface area contributed by atoms with Gasteiger partial charge in [-0.25, -0.2) is 14.4 Å². The zero-order chi connectivity index (χ0) is 51.8. The van der Waals surface area contributed by atoms with E-state index in [0.717, 1.165) is 11.8 Å². The molecule has 0 spiro atoms. The van der Waals surface area contributed by atoms with Crippen LogP contribution < -0.4 is 10.6 Å². The Kier molecular flexibility index (Phi) is 15.2. The summed E-state index contributed by atoms with van der Waals surface area (Å²) in [7, 11) is 0. The second-order valence-corrected chi connectivity index (χ2v) is 20.7. The highest BCUT2D eigenvalue weighted by atomic mass is 16.6. The molecule has 2 bridgehead atoms. The number of benzene rings is 2. The predicted octanol–water partition coefficient (Wildman–Crippen LogP) is 3.19. The third-order valence-electron chi connectivity index (χ3n) is 14.8. The average molecular weight is 988 g/mol. The van der Waals surface area contributed by atoms with Gasteiger partial charge in [0.05, 0.1) is 42.3 Å². The number of nitrogens with zero attached hydrogens (tertiary/aromatic N) is 1. The molecule has 5 aliphatic rings. The molecule has 0 aromatic heterocycles. The smallest absolute Gasteiger partial charge is 0.408 e. The maximum absolute atomic E-state index is 15.2. The third kappa shape index (κ3) is 10.0. The summed E-state index contributed by atoms with van der Waals surface area (Å²) in [6.07, 6.45) is -8.32. The van der Waals surface area contributed by atoms with E-state index in [1.165, 1.54) is 38.1 Å². The van der Waals surface area contributed by atoms with Crippen LogP contribution in [0.5, 0.6) is 0 Å². The normalized spacial score (nSPS) is 30.7. The summed E-state index contributed by atoms with van der Waals surface area (Å²) in [5.74, 6) is -6.02. The topological polar surface area (TPSA) is 263 Å². The second kappa shape index (κ2) is 20.4. The molecule has 19 nitrogen and oxygen atoms in total. The summed E-state index contributed by atoms with van der Waals surface area (Å²) in [4.78, 5) is 96.4. The largest absolute Gasteiger partial charge is 0.456 e. The molecule has 11 atom stereocenters. The number of aliphatic hydroxyl groups is 3. The standard InChI is InChI=1S/C52H65N3O16/c1-29-33(68-46(63)41(66-25-23-53-22-15-24-55-36(58)20-21-37(55)59)39(31-16-11-9-12-17-31)54-47(64)71-48(3,4)5)27-52(65)44(69-45(62)32-18-13-10-14-19-32)42-50(8,43(61)40(60)38(29)49(52,6)7)34(57)26-35-51(42,28-67-35)70-30(2)56/h9-14,16-21,33-35,39-42,44,53,57,60,65H,15,22-28H2,1-8H3,(H,54,64)/t33-,34-,35+,39-,40+,41+,42-,44-,50+,51-,52+/m0/s1. The van der Waals surface area contributed by atoms with Crippen LogP contribution in [0.3, 0.4) is 0 Å². The van der Waals surface area contributed by atoms with Crippen LogP contribution in [-0.2, 0) is 52.4 Å². The van der Waals surface area contributed by atoms with Gasteiger partial charge in [-0.1, -0.05) is 62.4 Å². The predicted molar refractivity (Wildman–Crippen MR) is 251 cm³/mol. The van der Waals surface area contributed by atoms with Crippen LogP contribution in [0, 0.1) is 16.7 Å². The number of fused-ring (bicyclic) bond motifs is 5. The maximum Gasteiger partial charge on any atom is 0.408 e. The van der Waals surface area contributed by atoms with Gasteiger partial charge in [0.1, 0.15) is 35.6 Å². The molecule has 0 unspecified atom stereocenters. The number of imide groups is 1. The van der Waals surface area contributed by atoms with Crippen LogP contribution in [0.25, 0.3) is 0 Å². The van der Waals surface area contributed by atoms with Gasteiger partial charge in [-0.15, -0.1) is 0 Å². The number of rotatable bonds is 16. The first kappa shape index (κ1) is 53.0. The average Bonchev–Trinajstić information content (AvgIpc) is 3.62. The van der Waals surface area contributed by atoms with Crippen molar-refractivity contribution in [1.82, 2.24) is 15.5 Å². The van der Waals surface area contributed by atoms with Crippen molar-refractivity contribution in [2.75, 3.05) is 32.8 Å². The molecule has 2 aromatic carbocycles. The van der Waals surface area contributed by atoms with E-state index in [1.54, 1.807) is 83.1 Å². The zero-order valence-electron chi connectivity index (χ0n) is 41.3. The molecule has 2 saturated carbocycles. The molecule has 3 amide bonds. The Hall–Kier alpha value is -5.83. The number of ketones is 1. The van der Waals surface area contributed by atoms with E-state index in [9.17, 15) is 39.3 Å². The van der Waals surface area contributed by atoms with Crippen LogP contribution in [-0.4, -0.2) is 148 Å². The van der Waals surface area contributed by atoms with Crippen molar-refractivity contribution in [2.45, 2.75) is 134 Å². The monoisotopic (exact) mass is 987 g/mol. The molecule has 2 aliphatic heterocycles. The number of carbonyl (C=O) groups excluding carboxylic acids is 7. The summed E-state index contributed by atoms with van der Waals surface area (Å²) in [5.41, 5.74) is -8.19. The summed E-state index contributed by atoms with van der Waals surface area (Å²) in [6, 6.07) is 15.1. The first-order valence-electron chi connectivity index (χ1n) is 23.9. The van der Waals surface area contributed by atoms with E-state index in [2.05, 4.69) is 10.6 Å². The van der Waals surface area contributed by atoms with Gasteiger partial charge in [0.2, 0.25) is 0 Å². The van der Waals surface area contributed by atoms with Gasteiger partial charge in [-0.2, -0.15) is 0 Å². The summed E-state index contributed by atoms with van der Waals surface area (Å²) < 4.78 is 36.7. The lowest BCUT2D eigenvalue weighted by molar-refractivity contribution is -0.346. The van der Waals surface area contributed by atoms with E-state index in [4.69, 9.17) is 28.4 Å². The van der Waals surface area contributed by atoms with E-state index in [1.807, 2.05) is 0 Å². The molecule has 3 fully saturated rings. The third-order valence-corrected chi connectivity index (χ3v) is 14.8. The molecule has 0 radical (unpaired) electrons. The molecule has 3 aliphatic carbocycles. The van der Waals surface area contributed by atoms with Gasteiger partial charge in [0.25, 0.3) is 11.8 Å². The number of nitrogens with one attached hydrogen (secondary N) is 2. The Labute approximate surface area is 412 Å². The number of esters is 3. The lowest BCUT2D eigenvalue weighted by Gasteiger charge is -2.67. The molecule has 19 heteroatoms. The fraction of sp³-hybridized carbons (Fsp3) is 0.558. The number of hydrogen-bond donors (Lipinski definition) is 5. The number of amides is 3. The van der Waals surface area contributed by atoms with Crippen LogP contribution >= 0.6 is 0 Å². The minimum Gasteiger partial charge on any atom is -0.456 e. The first-order chi connectivity index (χ1) is 33.4. The Morgan fingerprint density at radius 3 is 2.14 bits per heavy atom. The quantitative estimate of drug-likeness (QED) is 0.0532. The number of alkyl carbamates (subject to hydrolysis) is 1. The fourth-order valence-corrected chi connectivity index (χ4v) is 11.1. The highest BCUT2D eigenvalue weighted by molar-refractivity contribution is 6.12. The summed E-state index contributed by atoms with van der Waals surface area (Å²) in [5, 5.41) is 44.1. The minimum atomic E-state index is -2.39. The van der Waals surface area contributed by atoms with E-state index >= 15 is 9.59 Å². The molecule has 2 heterocycles. The molecule has 71 heavy (non-hydrogen) atoms. The van der Waals surface area contributed by atoms with Gasteiger partial charge < -0.3 is 54.4 Å². The van der Waals surface area contributed by atoms with E-state index < -0.39 is 124 Å². The fourth-order valence-electron chi connectivity index (χ4n) is 11.1. The maximum atomic E-state index is 15.2. The van der Waals surface area contributed by atoms with Gasteiger partial charge in [0.15, 0.2) is 17.5 Å². The SMILES string of the molecule is CC(=O)O[C@@]12CO[C@@H]1C[C@H](O)[C@@]1(C)C(=O)[C@H](O)C3=C(C)[C@@H](OC(=O)[C@H](OCCNCCCN4C(=O)C=CC4=O)[C@@H](NC(=O)OC(C)(C)C)c4ccccc4)C[C@@](O)([C@@H](OC(=O)c4ccccc4)[C@H]21)C3(C)C.